The Kier molecular flexibility index (Phi) is 5.38. The van der Waals surface area contributed by atoms with Gasteiger partial charge in [-0.15, -0.1) is 0 Å². The largest absolute Gasteiger partial charge is 0.497 e. The highest BCUT2D eigenvalue weighted by Crippen LogP contribution is 2.16. The Morgan fingerprint density at radius 1 is 1.05 bits per heavy atom. The predicted octanol–water partition coefficient (Wildman–Crippen LogP) is 2.60. The standard InChI is InChI=1S/C16H20N2O2/c1-18(13-14-5-3-4-10-17-14)11-12-20-16-8-6-15(19-2)7-9-16/h3-10H,11-13H2,1-2H3. The Bertz CT molecular complexity index is 500. The van der Waals surface area contributed by atoms with E-state index in [-0.39, 0.29) is 0 Å². The minimum Gasteiger partial charge on any atom is -0.497 e. The third kappa shape index (κ3) is 4.55. The van der Waals surface area contributed by atoms with Gasteiger partial charge in [0.2, 0.25) is 0 Å². The number of benzene rings is 1. The lowest BCUT2D eigenvalue weighted by Crippen LogP contribution is -2.24. The van der Waals surface area contributed by atoms with Gasteiger partial charge in [-0.05, 0) is 43.4 Å². The zero-order chi connectivity index (χ0) is 14.2. The van der Waals surface area contributed by atoms with Gasteiger partial charge in [-0.2, -0.15) is 0 Å². The third-order valence-corrected chi connectivity index (χ3v) is 2.96. The van der Waals surface area contributed by atoms with Gasteiger partial charge in [0.25, 0.3) is 0 Å². The molecule has 0 radical (unpaired) electrons. The molecule has 1 aromatic heterocycles. The average Bonchev–Trinajstić information content (AvgIpc) is 2.49. The van der Waals surface area contributed by atoms with Crippen molar-refractivity contribution in [1.82, 2.24) is 9.88 Å². The van der Waals surface area contributed by atoms with Crippen molar-refractivity contribution in [2.45, 2.75) is 6.54 Å². The summed E-state index contributed by atoms with van der Waals surface area (Å²) in [5.41, 5.74) is 1.07. The first kappa shape index (κ1) is 14.3. The SMILES string of the molecule is COc1ccc(OCCN(C)Cc2ccccn2)cc1. The molecule has 106 valence electrons. The number of likely N-dealkylation sites (N-methyl/N-ethyl adjacent to an activating group) is 1. The topological polar surface area (TPSA) is 34.6 Å². The summed E-state index contributed by atoms with van der Waals surface area (Å²) in [4.78, 5) is 6.49. The van der Waals surface area contributed by atoms with E-state index in [9.17, 15) is 0 Å². The van der Waals surface area contributed by atoms with E-state index in [1.165, 1.54) is 0 Å². The molecule has 0 saturated carbocycles. The van der Waals surface area contributed by atoms with Crippen LogP contribution in [0.3, 0.4) is 0 Å². The molecule has 0 atom stereocenters. The second kappa shape index (κ2) is 7.50. The Morgan fingerprint density at radius 2 is 1.80 bits per heavy atom. The van der Waals surface area contributed by atoms with Gasteiger partial charge >= 0.3 is 0 Å². The van der Waals surface area contributed by atoms with Gasteiger partial charge < -0.3 is 9.47 Å². The first-order valence-electron chi connectivity index (χ1n) is 6.63. The summed E-state index contributed by atoms with van der Waals surface area (Å²) in [6.07, 6.45) is 1.82. The fourth-order valence-corrected chi connectivity index (χ4v) is 1.84. The van der Waals surface area contributed by atoms with Crippen LogP contribution in [-0.4, -0.2) is 37.2 Å². The number of rotatable bonds is 7. The minimum absolute atomic E-state index is 0.648. The smallest absolute Gasteiger partial charge is 0.119 e. The molecule has 0 saturated heterocycles. The van der Waals surface area contributed by atoms with Crippen LogP contribution >= 0.6 is 0 Å². The van der Waals surface area contributed by atoms with Crippen molar-refractivity contribution in [3.8, 4) is 11.5 Å². The van der Waals surface area contributed by atoms with E-state index in [0.717, 1.165) is 30.3 Å². The zero-order valence-electron chi connectivity index (χ0n) is 12.0. The summed E-state index contributed by atoms with van der Waals surface area (Å²) in [5.74, 6) is 1.70. The van der Waals surface area contributed by atoms with Crippen LogP contribution in [0.5, 0.6) is 11.5 Å². The van der Waals surface area contributed by atoms with Gasteiger partial charge in [-0.25, -0.2) is 0 Å². The first-order chi connectivity index (χ1) is 9.78. The number of aromatic nitrogens is 1. The highest BCUT2D eigenvalue weighted by atomic mass is 16.5. The second-order valence-corrected chi connectivity index (χ2v) is 4.58. The first-order valence-corrected chi connectivity index (χ1v) is 6.63. The van der Waals surface area contributed by atoms with Crippen molar-refractivity contribution in [2.24, 2.45) is 0 Å². The summed E-state index contributed by atoms with van der Waals surface area (Å²) in [5, 5.41) is 0. The molecule has 0 aliphatic heterocycles. The van der Waals surface area contributed by atoms with Crippen molar-refractivity contribution in [2.75, 3.05) is 27.3 Å². The Morgan fingerprint density at radius 3 is 2.45 bits per heavy atom. The third-order valence-electron chi connectivity index (χ3n) is 2.96. The van der Waals surface area contributed by atoms with Crippen LogP contribution in [0.15, 0.2) is 48.7 Å². The minimum atomic E-state index is 0.648. The van der Waals surface area contributed by atoms with E-state index in [2.05, 4.69) is 16.9 Å². The quantitative estimate of drug-likeness (QED) is 0.776. The predicted molar refractivity (Wildman–Crippen MR) is 79.1 cm³/mol. The van der Waals surface area contributed by atoms with Crippen molar-refractivity contribution < 1.29 is 9.47 Å². The summed E-state index contributed by atoms with van der Waals surface area (Å²) in [6.45, 7) is 2.32. The average molecular weight is 272 g/mol. The lowest BCUT2D eigenvalue weighted by atomic mass is 10.3. The van der Waals surface area contributed by atoms with E-state index in [0.29, 0.717) is 6.61 Å². The molecule has 0 N–H and O–H groups in total. The second-order valence-electron chi connectivity index (χ2n) is 4.58. The molecule has 1 aromatic carbocycles. The number of hydrogen-bond donors (Lipinski definition) is 0. The monoisotopic (exact) mass is 272 g/mol. The fraction of sp³-hybridized carbons (Fsp3) is 0.312. The van der Waals surface area contributed by atoms with E-state index in [1.807, 2.05) is 48.7 Å². The number of nitrogens with zero attached hydrogens (tertiary/aromatic N) is 2. The van der Waals surface area contributed by atoms with Crippen LogP contribution in [0.4, 0.5) is 0 Å². The maximum absolute atomic E-state index is 5.70. The maximum Gasteiger partial charge on any atom is 0.119 e. The van der Waals surface area contributed by atoms with Crippen molar-refractivity contribution in [1.29, 1.82) is 0 Å². The molecule has 0 spiro atoms. The van der Waals surface area contributed by atoms with Crippen LogP contribution in [0.25, 0.3) is 0 Å². The van der Waals surface area contributed by atoms with Crippen molar-refractivity contribution >= 4 is 0 Å². The van der Waals surface area contributed by atoms with Crippen LogP contribution < -0.4 is 9.47 Å². The van der Waals surface area contributed by atoms with Gasteiger partial charge in [0, 0.05) is 19.3 Å². The fourth-order valence-electron chi connectivity index (χ4n) is 1.84. The molecule has 20 heavy (non-hydrogen) atoms. The number of ether oxygens (including phenoxy) is 2. The number of hydrogen-bond acceptors (Lipinski definition) is 4. The molecule has 0 aliphatic rings. The van der Waals surface area contributed by atoms with Crippen molar-refractivity contribution in [3.63, 3.8) is 0 Å². The van der Waals surface area contributed by atoms with Crippen LogP contribution in [0.1, 0.15) is 5.69 Å². The van der Waals surface area contributed by atoms with Gasteiger partial charge in [-0.3, -0.25) is 9.88 Å². The normalized spacial score (nSPS) is 10.6. The molecular formula is C16H20N2O2. The van der Waals surface area contributed by atoms with Gasteiger partial charge in [0.15, 0.2) is 0 Å². The van der Waals surface area contributed by atoms with E-state index in [1.54, 1.807) is 7.11 Å². The lowest BCUT2D eigenvalue weighted by molar-refractivity contribution is 0.231. The van der Waals surface area contributed by atoms with Crippen LogP contribution in [-0.2, 0) is 6.54 Å². The molecule has 2 rings (SSSR count). The summed E-state index contributed by atoms with van der Waals surface area (Å²) in [6, 6.07) is 13.6. The van der Waals surface area contributed by atoms with Gasteiger partial charge in [0.1, 0.15) is 18.1 Å². The Hall–Kier alpha value is -2.07. The lowest BCUT2D eigenvalue weighted by Gasteiger charge is -2.16. The number of methoxy groups -OCH3 is 1. The summed E-state index contributed by atoms with van der Waals surface area (Å²) >= 11 is 0. The molecule has 0 fully saturated rings. The molecule has 1 heterocycles. The highest BCUT2D eigenvalue weighted by Gasteiger charge is 2.01. The molecule has 4 nitrogen and oxygen atoms in total. The van der Waals surface area contributed by atoms with Crippen LogP contribution in [0, 0.1) is 0 Å². The summed E-state index contributed by atoms with van der Waals surface area (Å²) in [7, 11) is 3.72. The molecule has 0 aliphatic carbocycles. The highest BCUT2D eigenvalue weighted by molar-refractivity contribution is 5.31. The molecule has 0 amide bonds. The Balaban J connectivity index is 1.72. The van der Waals surface area contributed by atoms with Gasteiger partial charge in [0.05, 0.1) is 12.8 Å². The molecule has 0 unspecified atom stereocenters. The maximum atomic E-state index is 5.70. The zero-order valence-corrected chi connectivity index (χ0v) is 12.0. The van der Waals surface area contributed by atoms with E-state index < -0.39 is 0 Å². The Labute approximate surface area is 120 Å². The van der Waals surface area contributed by atoms with E-state index >= 15 is 0 Å². The van der Waals surface area contributed by atoms with Crippen molar-refractivity contribution in [3.05, 3.63) is 54.4 Å². The molecular weight excluding hydrogens is 252 g/mol. The summed E-state index contributed by atoms with van der Waals surface area (Å²) < 4.78 is 10.8. The molecule has 4 heteroatoms. The van der Waals surface area contributed by atoms with Crippen LogP contribution in [0.2, 0.25) is 0 Å². The van der Waals surface area contributed by atoms with E-state index in [4.69, 9.17) is 9.47 Å². The van der Waals surface area contributed by atoms with Gasteiger partial charge in [-0.1, -0.05) is 6.07 Å². The number of pyridine rings is 1. The molecule has 0 bridgehead atoms. The molecule has 2 aromatic rings.